The third kappa shape index (κ3) is 6.95. The minimum absolute atomic E-state index is 0.263. The Morgan fingerprint density at radius 3 is 2.71 bits per heavy atom. The molecule has 1 N–H and O–H groups in total. The second-order valence-electron chi connectivity index (χ2n) is 6.69. The summed E-state index contributed by atoms with van der Waals surface area (Å²) in [5.41, 5.74) is 3.25. The average molecular weight is 395 g/mol. The van der Waals surface area contributed by atoms with Crippen molar-refractivity contribution in [1.29, 1.82) is 0 Å². The summed E-state index contributed by atoms with van der Waals surface area (Å²) in [6.45, 7) is 4.81. The maximum absolute atomic E-state index is 9.26. The van der Waals surface area contributed by atoms with Gasteiger partial charge in [0.25, 0.3) is 0 Å². The molecule has 146 valence electrons. The van der Waals surface area contributed by atoms with Crippen LogP contribution in [0.5, 0.6) is 11.5 Å². The van der Waals surface area contributed by atoms with Crippen LogP contribution in [-0.4, -0.2) is 39.8 Å². The zero-order chi connectivity index (χ0) is 19.6. The van der Waals surface area contributed by atoms with Gasteiger partial charge in [0, 0.05) is 24.5 Å². The fourth-order valence-electron chi connectivity index (χ4n) is 2.86. The zero-order valence-corrected chi connectivity index (χ0v) is 17.0. The molecule has 0 bridgehead atoms. The Morgan fingerprint density at radius 1 is 1.18 bits per heavy atom. The molecule has 2 heterocycles. The number of nitrogens with zero attached hydrogens (tertiary/aromatic N) is 2. The largest absolute Gasteiger partial charge is 0.508 e. The normalized spacial score (nSPS) is 14.2. The number of benzene rings is 1. The van der Waals surface area contributed by atoms with Crippen molar-refractivity contribution in [2.24, 2.45) is 0 Å². The van der Waals surface area contributed by atoms with Gasteiger partial charge in [-0.2, -0.15) is 0 Å². The molecule has 0 unspecified atom stereocenters. The Hall–Kier alpha value is -2.42. The van der Waals surface area contributed by atoms with Gasteiger partial charge in [-0.1, -0.05) is 29.5 Å². The van der Waals surface area contributed by atoms with Crippen molar-refractivity contribution in [2.45, 2.75) is 26.2 Å². The van der Waals surface area contributed by atoms with Crippen LogP contribution in [0, 0.1) is 18.8 Å². The number of rotatable bonds is 6. The molecule has 0 saturated carbocycles. The Labute approximate surface area is 171 Å². The van der Waals surface area contributed by atoms with Gasteiger partial charge < -0.3 is 9.84 Å². The summed E-state index contributed by atoms with van der Waals surface area (Å²) in [6.07, 6.45) is 5.22. The molecule has 1 saturated heterocycles. The quantitative estimate of drug-likeness (QED) is 0.441. The van der Waals surface area contributed by atoms with E-state index in [4.69, 9.17) is 4.74 Å². The van der Waals surface area contributed by atoms with Gasteiger partial charge in [0.05, 0.1) is 6.61 Å². The fraction of sp³-hybridized carbons (Fsp3) is 0.348. The SMILES string of the molecule is Cc1cccc(C#CC=C2CCN(SCCCOc3ccc(O)cc3)CC2)n1. The molecule has 1 fully saturated rings. The lowest BCUT2D eigenvalue weighted by Gasteiger charge is -2.26. The molecule has 28 heavy (non-hydrogen) atoms. The lowest BCUT2D eigenvalue weighted by molar-refractivity contribution is 0.317. The number of phenolic OH excluding ortho intramolecular Hbond substituents is 1. The number of hydrogen-bond donors (Lipinski definition) is 1. The van der Waals surface area contributed by atoms with E-state index in [0.717, 1.165) is 55.2 Å². The van der Waals surface area contributed by atoms with E-state index in [2.05, 4.69) is 27.2 Å². The highest BCUT2D eigenvalue weighted by Crippen LogP contribution is 2.22. The molecule has 4 nitrogen and oxygen atoms in total. The first kappa shape index (κ1) is 20.3. The lowest BCUT2D eigenvalue weighted by Crippen LogP contribution is -2.25. The van der Waals surface area contributed by atoms with Crippen molar-refractivity contribution >= 4 is 11.9 Å². The first-order valence-corrected chi connectivity index (χ1v) is 10.6. The molecule has 0 radical (unpaired) electrons. The molecule has 0 atom stereocenters. The van der Waals surface area contributed by atoms with Crippen molar-refractivity contribution in [3.8, 4) is 23.3 Å². The van der Waals surface area contributed by atoms with Crippen LogP contribution in [-0.2, 0) is 0 Å². The molecule has 3 rings (SSSR count). The average Bonchev–Trinajstić information content (AvgIpc) is 2.70. The Balaban J connectivity index is 1.31. The van der Waals surface area contributed by atoms with Crippen LogP contribution >= 0.6 is 11.9 Å². The highest BCUT2D eigenvalue weighted by molar-refractivity contribution is 7.97. The summed E-state index contributed by atoms with van der Waals surface area (Å²) < 4.78 is 8.12. The molecule has 1 aromatic carbocycles. The summed E-state index contributed by atoms with van der Waals surface area (Å²) in [6, 6.07) is 12.8. The first-order valence-electron chi connectivity index (χ1n) is 9.62. The van der Waals surface area contributed by atoms with Gasteiger partial charge in [-0.05, 0) is 74.6 Å². The van der Waals surface area contributed by atoms with Crippen LogP contribution in [0.25, 0.3) is 0 Å². The van der Waals surface area contributed by atoms with Crippen LogP contribution < -0.4 is 4.74 Å². The van der Waals surface area contributed by atoms with E-state index in [1.54, 1.807) is 24.3 Å². The number of phenols is 1. The van der Waals surface area contributed by atoms with Gasteiger partial charge in [-0.25, -0.2) is 9.29 Å². The van der Waals surface area contributed by atoms with Gasteiger partial charge in [0.1, 0.15) is 17.2 Å². The van der Waals surface area contributed by atoms with Crippen molar-refractivity contribution < 1.29 is 9.84 Å². The van der Waals surface area contributed by atoms with Crippen LogP contribution in [0.1, 0.15) is 30.7 Å². The van der Waals surface area contributed by atoms with Gasteiger partial charge in [-0.3, -0.25) is 0 Å². The van der Waals surface area contributed by atoms with Crippen molar-refractivity contribution in [1.82, 2.24) is 9.29 Å². The van der Waals surface area contributed by atoms with E-state index >= 15 is 0 Å². The Kier molecular flexibility index (Phi) is 7.83. The standard InChI is InChI=1S/C23H26N2O2S/c1-19-5-2-7-21(24-19)8-3-6-20-13-15-25(16-14-20)28-18-4-17-27-23-11-9-22(26)10-12-23/h2,5-7,9-12,26H,4,13-18H2,1H3. The van der Waals surface area contributed by atoms with E-state index in [-0.39, 0.29) is 5.75 Å². The fourth-order valence-corrected chi connectivity index (χ4v) is 3.80. The van der Waals surface area contributed by atoms with E-state index in [1.807, 2.05) is 37.1 Å². The van der Waals surface area contributed by atoms with E-state index in [0.29, 0.717) is 6.61 Å². The van der Waals surface area contributed by atoms with Crippen molar-refractivity contribution in [3.63, 3.8) is 0 Å². The number of aromatic nitrogens is 1. The minimum Gasteiger partial charge on any atom is -0.508 e. The second kappa shape index (κ2) is 10.8. The number of pyridine rings is 1. The summed E-state index contributed by atoms with van der Waals surface area (Å²) in [4.78, 5) is 4.40. The Morgan fingerprint density at radius 2 is 1.96 bits per heavy atom. The second-order valence-corrected chi connectivity index (χ2v) is 7.88. The number of aryl methyl sites for hydroxylation is 1. The molecule has 1 aromatic heterocycles. The Bertz CT molecular complexity index is 843. The number of ether oxygens (including phenoxy) is 1. The molecular formula is C23H26N2O2S. The van der Waals surface area contributed by atoms with Gasteiger partial charge in [0.2, 0.25) is 0 Å². The molecule has 2 aromatic rings. The summed E-state index contributed by atoms with van der Waals surface area (Å²) in [7, 11) is 0. The third-order valence-corrected chi connectivity index (χ3v) is 5.60. The smallest absolute Gasteiger partial charge is 0.119 e. The number of aromatic hydroxyl groups is 1. The molecule has 1 aliphatic rings. The first-order chi connectivity index (χ1) is 13.7. The van der Waals surface area contributed by atoms with Gasteiger partial charge in [-0.15, -0.1) is 0 Å². The van der Waals surface area contributed by atoms with Crippen LogP contribution in [0.3, 0.4) is 0 Å². The summed E-state index contributed by atoms with van der Waals surface area (Å²) in [5, 5.41) is 9.26. The molecule has 1 aliphatic heterocycles. The van der Waals surface area contributed by atoms with Crippen LogP contribution in [0.2, 0.25) is 0 Å². The topological polar surface area (TPSA) is 45.6 Å². The molecular weight excluding hydrogens is 368 g/mol. The van der Waals surface area contributed by atoms with E-state index in [1.165, 1.54) is 5.57 Å². The monoisotopic (exact) mass is 394 g/mol. The van der Waals surface area contributed by atoms with Crippen LogP contribution in [0.4, 0.5) is 0 Å². The number of piperidine rings is 1. The maximum Gasteiger partial charge on any atom is 0.119 e. The van der Waals surface area contributed by atoms with Gasteiger partial charge in [0.15, 0.2) is 0 Å². The predicted octanol–water partition coefficient (Wildman–Crippen LogP) is 4.59. The van der Waals surface area contributed by atoms with Crippen molar-refractivity contribution in [3.05, 3.63) is 65.5 Å². The van der Waals surface area contributed by atoms with Gasteiger partial charge >= 0.3 is 0 Å². The zero-order valence-electron chi connectivity index (χ0n) is 16.2. The highest BCUT2D eigenvalue weighted by Gasteiger charge is 2.13. The molecule has 0 spiro atoms. The molecule has 0 aliphatic carbocycles. The maximum atomic E-state index is 9.26. The lowest BCUT2D eigenvalue weighted by atomic mass is 10.1. The van der Waals surface area contributed by atoms with E-state index in [9.17, 15) is 5.11 Å². The summed E-state index contributed by atoms with van der Waals surface area (Å²) >= 11 is 1.90. The third-order valence-electron chi connectivity index (χ3n) is 4.40. The summed E-state index contributed by atoms with van der Waals surface area (Å²) in [5.74, 6) is 8.40. The van der Waals surface area contributed by atoms with E-state index < -0.39 is 0 Å². The highest BCUT2D eigenvalue weighted by atomic mass is 32.2. The molecule has 0 amide bonds. The van der Waals surface area contributed by atoms with Crippen LogP contribution in [0.15, 0.2) is 54.1 Å². The number of hydrogen-bond acceptors (Lipinski definition) is 5. The number of allylic oxidation sites excluding steroid dienone is 1. The minimum atomic E-state index is 0.263. The molecule has 5 heteroatoms. The predicted molar refractivity (Wildman–Crippen MR) is 115 cm³/mol. The van der Waals surface area contributed by atoms with Crippen molar-refractivity contribution in [2.75, 3.05) is 25.4 Å².